The molecule has 0 aromatic heterocycles. The quantitative estimate of drug-likeness (QED) is 0.388. The van der Waals surface area contributed by atoms with Gasteiger partial charge >= 0.3 is 0 Å². The summed E-state index contributed by atoms with van der Waals surface area (Å²) < 4.78 is 0. The Hall–Kier alpha value is -2.80. The molecule has 2 aromatic carbocycles. The number of hydrazone groups is 1. The lowest BCUT2D eigenvalue weighted by Crippen LogP contribution is -2.24. The molecule has 0 aliphatic rings. The maximum Gasteiger partial charge on any atom is 0.278 e. The first-order valence-electron chi connectivity index (χ1n) is 6.88. The molecule has 0 spiro atoms. The normalized spacial score (nSPS) is 10.5. The maximum atomic E-state index is 10.9. The third-order valence-electron chi connectivity index (χ3n) is 3.13. The number of hydrogen-bond acceptors (Lipinski definition) is 4. The molecule has 2 N–H and O–H groups in total. The molecular formula is C16H16N4O2S. The second-order valence-electron chi connectivity index (χ2n) is 4.96. The Balaban J connectivity index is 2.00. The molecule has 0 radical (unpaired) electrons. The van der Waals surface area contributed by atoms with E-state index in [1.165, 1.54) is 17.8 Å². The molecule has 0 fully saturated rings. The zero-order valence-electron chi connectivity index (χ0n) is 12.7. The van der Waals surface area contributed by atoms with Crippen LogP contribution >= 0.6 is 12.2 Å². The molecule has 7 heteroatoms. The van der Waals surface area contributed by atoms with Crippen molar-refractivity contribution in [1.82, 2.24) is 5.43 Å². The molecule has 0 saturated carbocycles. The van der Waals surface area contributed by atoms with Crippen LogP contribution in [0.4, 0.5) is 11.4 Å². The van der Waals surface area contributed by atoms with E-state index in [1.807, 2.05) is 32.0 Å². The molecule has 0 bridgehead atoms. The molecule has 118 valence electrons. The lowest BCUT2D eigenvalue weighted by atomic mass is 10.1. The molecule has 23 heavy (non-hydrogen) atoms. The van der Waals surface area contributed by atoms with Gasteiger partial charge in [-0.15, -0.1) is 0 Å². The molecule has 0 saturated heterocycles. The van der Waals surface area contributed by atoms with E-state index in [9.17, 15) is 10.1 Å². The molecule has 0 atom stereocenters. The molecule has 0 unspecified atom stereocenters. The summed E-state index contributed by atoms with van der Waals surface area (Å²) in [6, 6.07) is 12.3. The number of anilines is 1. The van der Waals surface area contributed by atoms with Crippen molar-refractivity contribution in [1.29, 1.82) is 0 Å². The van der Waals surface area contributed by atoms with Crippen molar-refractivity contribution < 1.29 is 4.92 Å². The number of nitro groups is 1. The predicted octanol–water partition coefficient (Wildman–Crippen LogP) is 3.53. The van der Waals surface area contributed by atoms with Gasteiger partial charge in [0.1, 0.15) is 0 Å². The van der Waals surface area contributed by atoms with Gasteiger partial charge in [-0.3, -0.25) is 15.5 Å². The number of nitrogens with one attached hydrogen (secondary N) is 2. The summed E-state index contributed by atoms with van der Waals surface area (Å²) >= 11 is 5.16. The van der Waals surface area contributed by atoms with E-state index in [4.69, 9.17) is 12.2 Å². The van der Waals surface area contributed by atoms with Crippen molar-refractivity contribution >= 4 is 34.9 Å². The number of nitrogens with zero attached hydrogens (tertiary/aromatic N) is 2. The van der Waals surface area contributed by atoms with E-state index in [-0.39, 0.29) is 5.69 Å². The van der Waals surface area contributed by atoms with Crippen molar-refractivity contribution in [2.75, 3.05) is 5.32 Å². The minimum atomic E-state index is -0.451. The Morgan fingerprint density at radius 3 is 2.70 bits per heavy atom. The smallest absolute Gasteiger partial charge is 0.278 e. The van der Waals surface area contributed by atoms with Crippen LogP contribution in [0.5, 0.6) is 0 Å². The van der Waals surface area contributed by atoms with E-state index in [2.05, 4.69) is 15.8 Å². The second-order valence-corrected chi connectivity index (χ2v) is 5.37. The molecular weight excluding hydrogens is 312 g/mol. The first kappa shape index (κ1) is 16.6. The highest BCUT2D eigenvalue weighted by atomic mass is 32.1. The van der Waals surface area contributed by atoms with Gasteiger partial charge in [0.25, 0.3) is 5.69 Å². The Morgan fingerprint density at radius 2 is 2.00 bits per heavy atom. The van der Waals surface area contributed by atoms with E-state index >= 15 is 0 Å². The SMILES string of the molecule is Cc1ccc(NC(=S)NN=Cc2ccccc2[N+](=O)[O-])c(C)c1. The number of rotatable bonds is 4. The van der Waals surface area contributed by atoms with Gasteiger partial charge in [0.05, 0.1) is 16.7 Å². The Bertz CT molecular complexity index is 774. The Labute approximate surface area is 139 Å². The maximum absolute atomic E-state index is 10.9. The summed E-state index contributed by atoms with van der Waals surface area (Å²) in [4.78, 5) is 10.5. The van der Waals surface area contributed by atoms with Crippen LogP contribution in [0.25, 0.3) is 0 Å². The zero-order valence-corrected chi connectivity index (χ0v) is 13.6. The minimum absolute atomic E-state index is 0.00805. The lowest BCUT2D eigenvalue weighted by molar-refractivity contribution is -0.385. The van der Waals surface area contributed by atoms with Gasteiger partial charge in [-0.25, -0.2) is 0 Å². The zero-order chi connectivity index (χ0) is 16.8. The summed E-state index contributed by atoms with van der Waals surface area (Å²) in [5.41, 5.74) is 6.17. The van der Waals surface area contributed by atoms with Gasteiger partial charge in [0.2, 0.25) is 0 Å². The molecule has 2 rings (SSSR count). The molecule has 6 nitrogen and oxygen atoms in total. The number of benzene rings is 2. The fourth-order valence-corrected chi connectivity index (χ4v) is 2.19. The fourth-order valence-electron chi connectivity index (χ4n) is 2.03. The minimum Gasteiger partial charge on any atom is -0.331 e. The van der Waals surface area contributed by atoms with Crippen LogP contribution in [-0.4, -0.2) is 16.3 Å². The number of para-hydroxylation sites is 1. The van der Waals surface area contributed by atoms with E-state index in [0.717, 1.165) is 11.3 Å². The number of thiocarbonyl (C=S) groups is 1. The third-order valence-corrected chi connectivity index (χ3v) is 3.33. The van der Waals surface area contributed by atoms with Crippen molar-refractivity contribution in [2.45, 2.75) is 13.8 Å². The highest BCUT2D eigenvalue weighted by Gasteiger charge is 2.09. The molecule has 2 aromatic rings. The monoisotopic (exact) mass is 328 g/mol. The van der Waals surface area contributed by atoms with Crippen molar-refractivity contribution in [3.05, 3.63) is 69.3 Å². The fraction of sp³-hybridized carbons (Fsp3) is 0.125. The Morgan fingerprint density at radius 1 is 1.26 bits per heavy atom. The number of aryl methyl sites for hydroxylation is 2. The molecule has 0 aliphatic carbocycles. The number of nitro benzene ring substituents is 1. The first-order valence-corrected chi connectivity index (χ1v) is 7.29. The van der Waals surface area contributed by atoms with Crippen LogP contribution in [0.2, 0.25) is 0 Å². The summed E-state index contributed by atoms with van der Waals surface area (Å²) in [7, 11) is 0. The average molecular weight is 328 g/mol. The van der Waals surface area contributed by atoms with Crippen LogP contribution in [0.3, 0.4) is 0 Å². The summed E-state index contributed by atoms with van der Waals surface area (Å²) in [5.74, 6) is 0. The van der Waals surface area contributed by atoms with Crippen molar-refractivity contribution in [3.8, 4) is 0 Å². The predicted molar refractivity (Wildman–Crippen MR) is 96.0 cm³/mol. The number of hydrogen-bond donors (Lipinski definition) is 2. The van der Waals surface area contributed by atoms with Crippen LogP contribution in [-0.2, 0) is 0 Å². The Kier molecular flexibility index (Phi) is 5.37. The van der Waals surface area contributed by atoms with E-state index in [1.54, 1.807) is 18.2 Å². The highest BCUT2D eigenvalue weighted by Crippen LogP contribution is 2.16. The summed E-state index contributed by atoms with van der Waals surface area (Å²) in [6.07, 6.45) is 1.37. The van der Waals surface area contributed by atoms with Gasteiger partial charge in [0.15, 0.2) is 5.11 Å². The first-order chi connectivity index (χ1) is 11.0. The van der Waals surface area contributed by atoms with Crippen LogP contribution < -0.4 is 10.7 Å². The van der Waals surface area contributed by atoms with Gasteiger partial charge in [-0.2, -0.15) is 5.10 Å². The van der Waals surface area contributed by atoms with Crippen molar-refractivity contribution in [2.24, 2.45) is 5.10 Å². The molecule has 0 aliphatic heterocycles. The van der Waals surface area contributed by atoms with Crippen LogP contribution in [0.1, 0.15) is 16.7 Å². The largest absolute Gasteiger partial charge is 0.331 e. The standard InChI is InChI=1S/C16H16N4O2S/c1-11-7-8-14(12(2)9-11)18-16(23)19-17-10-13-5-3-4-6-15(13)20(21)22/h3-10H,1-2H3,(H2,18,19,23). The molecule has 0 amide bonds. The van der Waals surface area contributed by atoms with Gasteiger partial charge in [-0.1, -0.05) is 29.8 Å². The van der Waals surface area contributed by atoms with Gasteiger partial charge in [-0.05, 0) is 43.8 Å². The van der Waals surface area contributed by atoms with Gasteiger partial charge < -0.3 is 5.32 Å². The average Bonchev–Trinajstić information content (AvgIpc) is 2.50. The highest BCUT2D eigenvalue weighted by molar-refractivity contribution is 7.80. The van der Waals surface area contributed by atoms with Crippen LogP contribution in [0, 0.1) is 24.0 Å². The van der Waals surface area contributed by atoms with Gasteiger partial charge in [0, 0.05) is 11.8 Å². The van der Waals surface area contributed by atoms with Crippen molar-refractivity contribution in [3.63, 3.8) is 0 Å². The van der Waals surface area contributed by atoms with E-state index in [0.29, 0.717) is 10.7 Å². The summed E-state index contributed by atoms with van der Waals surface area (Å²) in [6.45, 7) is 4.00. The topological polar surface area (TPSA) is 79.6 Å². The summed E-state index contributed by atoms with van der Waals surface area (Å²) in [5, 5.41) is 18.2. The van der Waals surface area contributed by atoms with E-state index < -0.39 is 4.92 Å². The van der Waals surface area contributed by atoms with Crippen LogP contribution in [0.15, 0.2) is 47.6 Å². The lowest BCUT2D eigenvalue weighted by Gasteiger charge is -2.10. The third kappa shape index (κ3) is 4.58. The molecule has 0 heterocycles. The second kappa shape index (κ2) is 7.46.